The molecular formula is C30H36FN3O5S. The van der Waals surface area contributed by atoms with Crippen LogP contribution in [0.25, 0.3) is 0 Å². The Morgan fingerprint density at radius 2 is 1.55 bits per heavy atom. The minimum Gasteiger partial charge on any atom is -0.494 e. The molecular weight excluding hydrogens is 533 g/mol. The number of carbonyl (C=O) groups is 2. The minimum absolute atomic E-state index is 0.0354. The Hall–Kier alpha value is -3.92. The van der Waals surface area contributed by atoms with Crippen molar-refractivity contribution >= 4 is 27.5 Å². The van der Waals surface area contributed by atoms with Crippen molar-refractivity contribution < 1.29 is 27.1 Å². The van der Waals surface area contributed by atoms with Gasteiger partial charge in [0, 0.05) is 17.6 Å². The molecule has 0 aliphatic rings. The molecule has 2 amide bonds. The average Bonchev–Trinajstić information content (AvgIpc) is 2.90. The Balaban J connectivity index is 2.01. The van der Waals surface area contributed by atoms with Crippen molar-refractivity contribution in [1.82, 2.24) is 10.2 Å². The van der Waals surface area contributed by atoms with Gasteiger partial charge in [-0.3, -0.25) is 13.9 Å². The lowest BCUT2D eigenvalue weighted by Gasteiger charge is -2.33. The summed E-state index contributed by atoms with van der Waals surface area (Å²) in [5.41, 5.74) is -0.111. The number of rotatable bonds is 11. The summed E-state index contributed by atoms with van der Waals surface area (Å²) in [5, 5.41) is 2.84. The largest absolute Gasteiger partial charge is 0.494 e. The van der Waals surface area contributed by atoms with E-state index in [-0.39, 0.29) is 22.7 Å². The Morgan fingerprint density at radius 3 is 2.12 bits per heavy atom. The fraction of sp³-hybridized carbons (Fsp3) is 0.333. The molecule has 3 rings (SSSR count). The number of ether oxygens (including phenoxy) is 1. The maximum absolute atomic E-state index is 14.6. The monoisotopic (exact) mass is 569 g/mol. The van der Waals surface area contributed by atoms with Gasteiger partial charge in [-0.2, -0.15) is 0 Å². The molecule has 3 aromatic rings. The van der Waals surface area contributed by atoms with E-state index in [0.717, 1.165) is 4.31 Å². The van der Waals surface area contributed by atoms with Gasteiger partial charge in [0.25, 0.3) is 10.0 Å². The van der Waals surface area contributed by atoms with E-state index in [1.54, 1.807) is 69.3 Å². The first kappa shape index (κ1) is 30.6. The number of para-hydroxylation sites is 1. The number of benzene rings is 3. The molecule has 0 spiro atoms. The molecule has 3 aromatic carbocycles. The zero-order chi connectivity index (χ0) is 29.5. The minimum atomic E-state index is -4.21. The maximum Gasteiger partial charge on any atom is 0.264 e. The molecule has 1 N–H and O–H groups in total. The molecule has 10 heteroatoms. The van der Waals surface area contributed by atoms with E-state index in [9.17, 15) is 22.4 Å². The van der Waals surface area contributed by atoms with Crippen LogP contribution in [0.5, 0.6) is 5.75 Å². The van der Waals surface area contributed by atoms with Crippen LogP contribution < -0.4 is 14.4 Å². The SMILES string of the molecule is CCOc1ccc(S(=O)(=O)N(CC(=O)N(Cc2ccccc2F)[C@@H](C)C(=O)NC(C)(C)C)c2ccccc2)cc1. The molecule has 0 radical (unpaired) electrons. The van der Waals surface area contributed by atoms with E-state index in [1.807, 2.05) is 6.92 Å². The summed E-state index contributed by atoms with van der Waals surface area (Å²) in [6.45, 7) is 8.37. The first-order valence-corrected chi connectivity index (χ1v) is 14.4. The predicted octanol–water partition coefficient (Wildman–Crippen LogP) is 4.75. The van der Waals surface area contributed by atoms with Gasteiger partial charge in [-0.15, -0.1) is 0 Å². The number of nitrogens with zero attached hydrogens (tertiary/aromatic N) is 2. The molecule has 0 heterocycles. The highest BCUT2D eigenvalue weighted by molar-refractivity contribution is 7.92. The molecule has 0 fully saturated rings. The summed E-state index contributed by atoms with van der Waals surface area (Å²) in [6, 6.07) is 19.1. The summed E-state index contributed by atoms with van der Waals surface area (Å²) in [5.74, 6) is -1.14. The van der Waals surface area contributed by atoms with Crippen LogP contribution in [0, 0.1) is 5.82 Å². The second-order valence-electron chi connectivity index (χ2n) is 10.3. The summed E-state index contributed by atoms with van der Waals surface area (Å²) in [6.07, 6.45) is 0. The average molecular weight is 570 g/mol. The van der Waals surface area contributed by atoms with Crippen LogP contribution >= 0.6 is 0 Å². The third-order valence-corrected chi connectivity index (χ3v) is 7.80. The quantitative estimate of drug-likeness (QED) is 0.360. The topological polar surface area (TPSA) is 96.0 Å². The summed E-state index contributed by atoms with van der Waals surface area (Å²) in [7, 11) is -4.21. The van der Waals surface area contributed by atoms with Crippen molar-refractivity contribution in [3.8, 4) is 5.75 Å². The number of hydrogen-bond acceptors (Lipinski definition) is 5. The van der Waals surface area contributed by atoms with Gasteiger partial charge in [-0.25, -0.2) is 12.8 Å². The lowest BCUT2D eigenvalue weighted by atomic mass is 10.1. The Kier molecular flexibility index (Phi) is 9.92. The van der Waals surface area contributed by atoms with Gasteiger partial charge >= 0.3 is 0 Å². The van der Waals surface area contributed by atoms with Crippen LogP contribution in [-0.4, -0.2) is 49.9 Å². The zero-order valence-electron chi connectivity index (χ0n) is 23.4. The third-order valence-electron chi connectivity index (χ3n) is 6.01. The summed E-state index contributed by atoms with van der Waals surface area (Å²) >= 11 is 0. The molecule has 214 valence electrons. The molecule has 0 saturated heterocycles. The molecule has 1 atom stereocenters. The fourth-order valence-electron chi connectivity index (χ4n) is 3.99. The van der Waals surface area contributed by atoms with Crippen LogP contribution in [0.2, 0.25) is 0 Å². The van der Waals surface area contributed by atoms with Crippen LogP contribution in [0.1, 0.15) is 40.2 Å². The van der Waals surface area contributed by atoms with Crippen LogP contribution in [0.4, 0.5) is 10.1 Å². The number of amides is 2. The standard InChI is InChI=1S/C30H36FN3O5S/c1-6-39-25-16-18-26(19-17-25)40(37,38)34(24-13-8-7-9-14-24)21-28(35)33(20-23-12-10-11-15-27(23)31)22(2)29(36)32-30(3,4)5/h7-19,22H,6,20-21H2,1-5H3,(H,32,36)/t22-/m0/s1. The van der Waals surface area contributed by atoms with E-state index >= 15 is 0 Å². The van der Waals surface area contributed by atoms with E-state index in [1.165, 1.54) is 42.2 Å². The molecule has 0 aromatic heterocycles. The summed E-state index contributed by atoms with van der Waals surface area (Å²) < 4.78 is 48.7. The fourth-order valence-corrected chi connectivity index (χ4v) is 5.41. The smallest absolute Gasteiger partial charge is 0.264 e. The van der Waals surface area contributed by atoms with E-state index < -0.39 is 45.8 Å². The number of anilines is 1. The molecule has 40 heavy (non-hydrogen) atoms. The molecule has 0 bridgehead atoms. The van der Waals surface area contributed by atoms with Crippen molar-refractivity contribution in [2.75, 3.05) is 17.5 Å². The zero-order valence-corrected chi connectivity index (χ0v) is 24.2. The van der Waals surface area contributed by atoms with Crippen LogP contribution in [0.15, 0.2) is 83.8 Å². The van der Waals surface area contributed by atoms with Crippen molar-refractivity contribution in [1.29, 1.82) is 0 Å². The number of carbonyl (C=O) groups excluding carboxylic acids is 2. The normalized spacial score (nSPS) is 12.3. The summed E-state index contributed by atoms with van der Waals surface area (Å²) in [4.78, 5) is 28.1. The molecule has 8 nitrogen and oxygen atoms in total. The second kappa shape index (κ2) is 13.0. The highest BCUT2D eigenvalue weighted by Crippen LogP contribution is 2.26. The molecule has 0 aliphatic heterocycles. The van der Waals surface area contributed by atoms with Gasteiger partial charge in [0.15, 0.2) is 0 Å². The lowest BCUT2D eigenvalue weighted by molar-refractivity contribution is -0.140. The number of sulfonamides is 1. The van der Waals surface area contributed by atoms with Crippen molar-refractivity contribution in [2.24, 2.45) is 0 Å². The van der Waals surface area contributed by atoms with Gasteiger partial charge in [0.1, 0.15) is 24.2 Å². The van der Waals surface area contributed by atoms with E-state index in [0.29, 0.717) is 12.4 Å². The van der Waals surface area contributed by atoms with Crippen LogP contribution in [0.3, 0.4) is 0 Å². The van der Waals surface area contributed by atoms with Gasteiger partial charge < -0.3 is 15.0 Å². The maximum atomic E-state index is 14.6. The number of hydrogen-bond donors (Lipinski definition) is 1. The van der Waals surface area contributed by atoms with Gasteiger partial charge in [-0.05, 0) is 77.1 Å². The third kappa shape index (κ3) is 7.81. The van der Waals surface area contributed by atoms with E-state index in [2.05, 4.69) is 5.32 Å². The van der Waals surface area contributed by atoms with Crippen LogP contribution in [-0.2, 0) is 26.2 Å². The molecule has 0 aliphatic carbocycles. The van der Waals surface area contributed by atoms with Crippen molar-refractivity contribution in [3.63, 3.8) is 0 Å². The van der Waals surface area contributed by atoms with Crippen molar-refractivity contribution in [3.05, 3.63) is 90.2 Å². The first-order valence-electron chi connectivity index (χ1n) is 13.0. The Bertz CT molecular complexity index is 1410. The Morgan fingerprint density at radius 1 is 0.950 bits per heavy atom. The van der Waals surface area contributed by atoms with E-state index in [4.69, 9.17) is 4.74 Å². The molecule has 0 saturated carbocycles. The predicted molar refractivity (Wildman–Crippen MR) is 153 cm³/mol. The Labute approximate surface area is 235 Å². The van der Waals surface area contributed by atoms with Gasteiger partial charge in [0.05, 0.1) is 17.2 Å². The molecule has 0 unspecified atom stereocenters. The number of halogens is 1. The highest BCUT2D eigenvalue weighted by Gasteiger charge is 2.33. The lowest BCUT2D eigenvalue weighted by Crippen LogP contribution is -2.54. The second-order valence-corrected chi connectivity index (χ2v) is 12.1. The first-order chi connectivity index (χ1) is 18.8. The van der Waals surface area contributed by atoms with Crippen molar-refractivity contribution in [2.45, 2.75) is 57.6 Å². The number of nitrogens with one attached hydrogen (secondary N) is 1. The van der Waals surface area contributed by atoms with Gasteiger partial charge in [0.2, 0.25) is 11.8 Å². The van der Waals surface area contributed by atoms with Gasteiger partial charge in [-0.1, -0.05) is 36.4 Å². The highest BCUT2D eigenvalue weighted by atomic mass is 32.2.